The Balaban J connectivity index is 1.57. The smallest absolute Gasteiger partial charge is 0.339 e. The third-order valence-electron chi connectivity index (χ3n) is 5.56. The predicted octanol–water partition coefficient (Wildman–Crippen LogP) is 5.07. The van der Waals surface area contributed by atoms with Gasteiger partial charge in [-0.15, -0.1) is 0 Å². The van der Waals surface area contributed by atoms with Crippen LogP contribution in [0.15, 0.2) is 53.4 Å². The number of benzene rings is 2. The molecule has 1 heterocycles. The van der Waals surface area contributed by atoms with E-state index in [1.165, 1.54) is 51.0 Å². The van der Waals surface area contributed by atoms with Gasteiger partial charge in [-0.05, 0) is 42.8 Å². The molecule has 1 aliphatic heterocycles. The van der Waals surface area contributed by atoms with Crippen molar-refractivity contribution < 1.29 is 22.1 Å². The zero-order chi connectivity index (χ0) is 23.0. The van der Waals surface area contributed by atoms with Crippen molar-refractivity contribution in [3.05, 3.63) is 48.5 Å². The van der Waals surface area contributed by atoms with E-state index in [1.54, 1.807) is 35.2 Å². The van der Waals surface area contributed by atoms with Crippen molar-refractivity contribution in [3.8, 4) is 11.5 Å². The van der Waals surface area contributed by atoms with Crippen molar-refractivity contribution in [1.82, 2.24) is 4.90 Å². The summed E-state index contributed by atoms with van der Waals surface area (Å²) in [4.78, 5) is 16.3. The van der Waals surface area contributed by atoms with E-state index in [-0.39, 0.29) is 16.7 Å². The quantitative estimate of drug-likeness (QED) is 0.327. The molecular formula is C24H32N2O5S. The predicted molar refractivity (Wildman–Crippen MR) is 125 cm³/mol. The van der Waals surface area contributed by atoms with E-state index < -0.39 is 10.1 Å². The van der Waals surface area contributed by atoms with Crippen LogP contribution in [0, 0.1) is 0 Å². The number of urea groups is 1. The van der Waals surface area contributed by atoms with Gasteiger partial charge >= 0.3 is 16.1 Å². The van der Waals surface area contributed by atoms with Crippen LogP contribution in [0.5, 0.6) is 11.5 Å². The number of hydrogen-bond acceptors (Lipinski definition) is 5. The highest BCUT2D eigenvalue weighted by atomic mass is 32.2. The number of methoxy groups -OCH3 is 1. The Kier molecular flexibility index (Phi) is 8.39. The van der Waals surface area contributed by atoms with Crippen molar-refractivity contribution in [2.45, 2.75) is 50.3 Å². The van der Waals surface area contributed by atoms with E-state index in [9.17, 15) is 13.2 Å². The Hall–Kier alpha value is -2.74. The van der Waals surface area contributed by atoms with Gasteiger partial charge in [0.25, 0.3) is 0 Å². The van der Waals surface area contributed by atoms with Crippen molar-refractivity contribution >= 4 is 21.8 Å². The molecule has 174 valence electrons. The van der Waals surface area contributed by atoms with E-state index >= 15 is 0 Å². The summed E-state index contributed by atoms with van der Waals surface area (Å²) < 4.78 is 35.5. The number of carbonyl (C=O) groups excluding carboxylic acids is 1. The maximum Gasteiger partial charge on any atom is 0.339 e. The van der Waals surface area contributed by atoms with E-state index in [0.29, 0.717) is 24.5 Å². The van der Waals surface area contributed by atoms with Crippen LogP contribution < -0.4 is 13.8 Å². The van der Waals surface area contributed by atoms with Gasteiger partial charge in [-0.25, -0.2) is 4.79 Å². The lowest BCUT2D eigenvalue weighted by atomic mass is 10.1. The van der Waals surface area contributed by atoms with Gasteiger partial charge in [0.15, 0.2) is 0 Å². The average molecular weight is 461 g/mol. The molecule has 0 unspecified atom stereocenters. The molecular weight excluding hydrogens is 428 g/mol. The van der Waals surface area contributed by atoms with Crippen molar-refractivity contribution in [1.29, 1.82) is 0 Å². The highest BCUT2D eigenvalue weighted by molar-refractivity contribution is 7.87. The summed E-state index contributed by atoms with van der Waals surface area (Å²) in [6.45, 7) is 4.25. The highest BCUT2D eigenvalue weighted by Crippen LogP contribution is 2.26. The van der Waals surface area contributed by atoms with Gasteiger partial charge in [-0.1, -0.05) is 45.1 Å². The summed E-state index contributed by atoms with van der Waals surface area (Å²) in [7, 11) is -2.49. The minimum Gasteiger partial charge on any atom is -0.497 e. The van der Waals surface area contributed by atoms with Crippen LogP contribution in [-0.2, 0) is 10.1 Å². The van der Waals surface area contributed by atoms with Crippen LogP contribution in [-0.4, -0.2) is 46.1 Å². The van der Waals surface area contributed by atoms with Gasteiger partial charge < -0.3 is 13.8 Å². The molecule has 0 N–H and O–H groups in total. The average Bonchev–Trinajstić information content (AvgIpc) is 3.16. The third-order valence-corrected chi connectivity index (χ3v) is 6.82. The van der Waals surface area contributed by atoms with E-state index in [0.717, 1.165) is 19.4 Å². The molecule has 0 radical (unpaired) electrons. The molecule has 0 spiro atoms. The fourth-order valence-corrected chi connectivity index (χ4v) is 4.66. The normalized spacial score (nSPS) is 14.1. The monoisotopic (exact) mass is 460 g/mol. The summed E-state index contributed by atoms with van der Waals surface area (Å²) in [5, 5.41) is 0. The molecule has 1 saturated heterocycles. The Labute approximate surface area is 191 Å². The molecule has 0 aliphatic carbocycles. The fourth-order valence-electron chi connectivity index (χ4n) is 3.73. The first kappa shape index (κ1) is 23.9. The largest absolute Gasteiger partial charge is 0.497 e. The number of hydrogen-bond donors (Lipinski definition) is 0. The molecule has 1 fully saturated rings. The second-order valence-corrected chi connectivity index (χ2v) is 9.45. The number of ether oxygens (including phenoxy) is 1. The lowest BCUT2D eigenvalue weighted by molar-refractivity contribution is 0.219. The molecule has 0 aromatic heterocycles. The highest BCUT2D eigenvalue weighted by Gasteiger charge is 2.29. The molecule has 2 amide bonds. The number of unbranched alkanes of at least 4 members (excludes halogenated alkanes) is 5. The number of rotatable bonds is 12. The van der Waals surface area contributed by atoms with E-state index in [4.69, 9.17) is 8.92 Å². The Morgan fingerprint density at radius 1 is 0.906 bits per heavy atom. The van der Waals surface area contributed by atoms with Gasteiger partial charge in [0.1, 0.15) is 16.4 Å². The van der Waals surface area contributed by atoms with Gasteiger partial charge in [0.2, 0.25) is 0 Å². The Morgan fingerprint density at radius 2 is 1.59 bits per heavy atom. The number of amides is 2. The van der Waals surface area contributed by atoms with Crippen LogP contribution in [0.4, 0.5) is 10.5 Å². The number of carbonyl (C=O) groups is 1. The first-order chi connectivity index (χ1) is 15.4. The zero-order valence-corrected chi connectivity index (χ0v) is 19.6. The summed E-state index contributed by atoms with van der Waals surface area (Å²) >= 11 is 0. The standard InChI is InChI=1S/C24H32N2O5S/c1-3-4-5-6-7-8-16-25-17-18-26(24(25)27)20-12-14-23(15-13-20)32(28,29)31-22-11-9-10-21(19-22)30-2/h9-15,19H,3-8,16-18H2,1-2H3. The molecule has 32 heavy (non-hydrogen) atoms. The van der Waals surface area contributed by atoms with Crippen molar-refractivity contribution in [2.75, 3.05) is 31.6 Å². The molecule has 2 aromatic rings. The summed E-state index contributed by atoms with van der Waals surface area (Å²) in [5.41, 5.74) is 0.681. The van der Waals surface area contributed by atoms with Gasteiger partial charge in [0, 0.05) is 31.4 Å². The maximum atomic E-state index is 12.8. The first-order valence-corrected chi connectivity index (χ1v) is 12.6. The Bertz CT molecular complexity index is 992. The van der Waals surface area contributed by atoms with Crippen LogP contribution in [0.25, 0.3) is 0 Å². The Morgan fingerprint density at radius 3 is 2.31 bits per heavy atom. The van der Waals surface area contributed by atoms with Gasteiger partial charge in [-0.3, -0.25) is 4.90 Å². The lowest BCUT2D eigenvalue weighted by Crippen LogP contribution is -2.32. The number of anilines is 1. The molecule has 1 aliphatic rings. The van der Waals surface area contributed by atoms with Crippen LogP contribution in [0.3, 0.4) is 0 Å². The second-order valence-electron chi connectivity index (χ2n) is 7.90. The molecule has 2 aromatic carbocycles. The van der Waals surface area contributed by atoms with E-state index in [1.807, 2.05) is 4.90 Å². The molecule has 0 saturated carbocycles. The van der Waals surface area contributed by atoms with Crippen LogP contribution in [0.1, 0.15) is 45.4 Å². The van der Waals surface area contributed by atoms with Crippen LogP contribution >= 0.6 is 0 Å². The summed E-state index contributed by atoms with van der Waals surface area (Å²) in [6, 6.07) is 12.6. The van der Waals surface area contributed by atoms with E-state index in [2.05, 4.69) is 6.92 Å². The van der Waals surface area contributed by atoms with Crippen molar-refractivity contribution in [2.24, 2.45) is 0 Å². The maximum absolute atomic E-state index is 12.8. The molecule has 0 atom stereocenters. The molecule has 7 nitrogen and oxygen atoms in total. The SMILES string of the molecule is CCCCCCCCN1CCN(c2ccc(S(=O)(=O)Oc3cccc(OC)c3)cc2)C1=O. The molecule has 8 heteroatoms. The van der Waals surface area contributed by atoms with Crippen LogP contribution in [0.2, 0.25) is 0 Å². The third kappa shape index (κ3) is 6.16. The van der Waals surface area contributed by atoms with Gasteiger partial charge in [-0.2, -0.15) is 8.42 Å². The minimum atomic E-state index is -3.99. The lowest BCUT2D eigenvalue weighted by Gasteiger charge is -2.19. The molecule has 3 rings (SSSR count). The van der Waals surface area contributed by atoms with Gasteiger partial charge in [0.05, 0.1) is 7.11 Å². The summed E-state index contributed by atoms with van der Waals surface area (Å²) in [5.74, 6) is 0.680. The summed E-state index contributed by atoms with van der Waals surface area (Å²) in [6.07, 6.45) is 7.13. The number of nitrogens with zero attached hydrogens (tertiary/aromatic N) is 2. The van der Waals surface area contributed by atoms with Crippen molar-refractivity contribution in [3.63, 3.8) is 0 Å². The second kappa shape index (κ2) is 11.2. The molecule has 0 bridgehead atoms. The first-order valence-electron chi connectivity index (χ1n) is 11.2. The minimum absolute atomic E-state index is 0.0261. The topological polar surface area (TPSA) is 76.2 Å². The zero-order valence-electron chi connectivity index (χ0n) is 18.8. The fraction of sp³-hybridized carbons (Fsp3) is 0.458.